The molecule has 0 spiro atoms. The number of nitrogens with zero attached hydrogens (tertiary/aromatic N) is 2. The number of hydrogen-bond donors (Lipinski definition) is 0. The third-order valence-corrected chi connectivity index (χ3v) is 7.22. The third kappa shape index (κ3) is 5.04. The highest BCUT2D eigenvalue weighted by atomic mass is 32.2. The van der Waals surface area contributed by atoms with Crippen LogP contribution in [-0.4, -0.2) is 63.4 Å². The van der Waals surface area contributed by atoms with E-state index in [4.69, 9.17) is 4.74 Å². The van der Waals surface area contributed by atoms with E-state index in [1.165, 1.54) is 10.4 Å². The molecule has 1 heterocycles. The van der Waals surface area contributed by atoms with Gasteiger partial charge in [-0.05, 0) is 43.0 Å². The van der Waals surface area contributed by atoms with Gasteiger partial charge in [-0.2, -0.15) is 4.31 Å². The number of benzene rings is 2. The van der Waals surface area contributed by atoms with Gasteiger partial charge in [-0.15, -0.1) is 0 Å². The first-order valence-corrected chi connectivity index (χ1v) is 11.3. The number of likely N-dealkylation sites (N-methyl/N-ethyl adjacent to an activating group) is 1. The molecular formula is C22H28N2O4S. The van der Waals surface area contributed by atoms with Gasteiger partial charge in [-0.3, -0.25) is 4.79 Å². The number of hydrogen-bond acceptors (Lipinski definition) is 4. The zero-order chi connectivity index (χ0) is 20.9. The van der Waals surface area contributed by atoms with Crippen LogP contribution in [0.1, 0.15) is 28.8 Å². The second-order valence-electron chi connectivity index (χ2n) is 7.35. The van der Waals surface area contributed by atoms with Gasteiger partial charge in [0, 0.05) is 32.8 Å². The van der Waals surface area contributed by atoms with Gasteiger partial charge in [0.25, 0.3) is 5.91 Å². The Morgan fingerprint density at radius 1 is 1.10 bits per heavy atom. The predicted octanol–water partition coefficient (Wildman–Crippen LogP) is 2.80. The van der Waals surface area contributed by atoms with E-state index >= 15 is 0 Å². The summed E-state index contributed by atoms with van der Waals surface area (Å²) in [6.45, 7) is 1.46. The van der Waals surface area contributed by atoms with Gasteiger partial charge in [0.05, 0.1) is 17.5 Å². The SMILES string of the molecule is COC[C@@H](Cc1ccccc1)N(C)C(=O)c1cccc(S(=O)(=O)N2CCCC2)c1. The third-order valence-electron chi connectivity index (χ3n) is 5.33. The fourth-order valence-corrected chi connectivity index (χ4v) is 5.19. The summed E-state index contributed by atoms with van der Waals surface area (Å²) in [6.07, 6.45) is 2.40. The van der Waals surface area contributed by atoms with Crippen LogP contribution in [0.5, 0.6) is 0 Å². The fourth-order valence-electron chi connectivity index (χ4n) is 3.62. The van der Waals surface area contributed by atoms with Gasteiger partial charge in [-0.1, -0.05) is 36.4 Å². The number of methoxy groups -OCH3 is 1. The smallest absolute Gasteiger partial charge is 0.253 e. The lowest BCUT2D eigenvalue weighted by Gasteiger charge is -2.28. The molecule has 0 N–H and O–H groups in total. The topological polar surface area (TPSA) is 66.9 Å². The van der Waals surface area contributed by atoms with Gasteiger partial charge in [-0.25, -0.2) is 8.42 Å². The summed E-state index contributed by atoms with van der Waals surface area (Å²) in [6, 6.07) is 16.1. The minimum Gasteiger partial charge on any atom is -0.383 e. The van der Waals surface area contributed by atoms with Crippen LogP contribution in [0, 0.1) is 0 Å². The summed E-state index contributed by atoms with van der Waals surface area (Å²) in [5.74, 6) is -0.221. The van der Waals surface area contributed by atoms with Crippen molar-refractivity contribution in [1.29, 1.82) is 0 Å². The van der Waals surface area contributed by atoms with Crippen molar-refractivity contribution >= 4 is 15.9 Å². The van der Waals surface area contributed by atoms with Crippen molar-refractivity contribution < 1.29 is 17.9 Å². The first-order chi connectivity index (χ1) is 13.9. The van der Waals surface area contributed by atoms with Crippen molar-refractivity contribution in [2.75, 3.05) is 33.9 Å². The van der Waals surface area contributed by atoms with Crippen molar-refractivity contribution in [1.82, 2.24) is 9.21 Å². The number of carbonyl (C=O) groups is 1. The van der Waals surface area contributed by atoms with Gasteiger partial charge < -0.3 is 9.64 Å². The van der Waals surface area contributed by atoms with E-state index in [1.54, 1.807) is 37.3 Å². The zero-order valence-corrected chi connectivity index (χ0v) is 17.8. The Kier molecular flexibility index (Phi) is 7.05. The molecular weight excluding hydrogens is 388 g/mol. The van der Waals surface area contributed by atoms with Crippen LogP contribution in [0.4, 0.5) is 0 Å². The zero-order valence-electron chi connectivity index (χ0n) is 17.0. The van der Waals surface area contributed by atoms with Crippen LogP contribution in [0.3, 0.4) is 0 Å². The standard InChI is InChI=1S/C22H28N2O4S/c1-23(20(17-28-2)15-18-9-4-3-5-10-18)22(25)19-11-8-12-21(16-19)29(26,27)24-13-6-7-14-24/h3-5,8-12,16,20H,6-7,13-15,17H2,1-2H3/t20-/m1/s1. The molecule has 1 aliphatic rings. The van der Waals surface area contributed by atoms with Crippen molar-refractivity contribution in [3.05, 3.63) is 65.7 Å². The lowest BCUT2D eigenvalue weighted by molar-refractivity contribution is 0.0604. The van der Waals surface area contributed by atoms with E-state index in [-0.39, 0.29) is 16.8 Å². The average Bonchev–Trinajstić information content (AvgIpc) is 3.29. The van der Waals surface area contributed by atoms with E-state index in [1.807, 2.05) is 30.3 Å². The Balaban J connectivity index is 1.81. The van der Waals surface area contributed by atoms with Crippen molar-refractivity contribution in [2.45, 2.75) is 30.2 Å². The predicted molar refractivity (Wildman–Crippen MR) is 112 cm³/mol. The van der Waals surface area contributed by atoms with E-state index in [2.05, 4.69) is 0 Å². The van der Waals surface area contributed by atoms with Crippen LogP contribution >= 0.6 is 0 Å². The van der Waals surface area contributed by atoms with E-state index in [0.717, 1.165) is 18.4 Å². The van der Waals surface area contributed by atoms with Gasteiger partial charge in [0.2, 0.25) is 10.0 Å². The van der Waals surface area contributed by atoms with E-state index in [0.29, 0.717) is 31.7 Å². The Labute approximate surface area is 173 Å². The second kappa shape index (κ2) is 9.52. The highest BCUT2D eigenvalue weighted by Gasteiger charge is 2.28. The average molecular weight is 417 g/mol. The molecule has 156 valence electrons. The Bertz CT molecular complexity index is 925. The Hall–Kier alpha value is -2.22. The molecule has 7 heteroatoms. The molecule has 1 aliphatic heterocycles. The molecule has 0 radical (unpaired) electrons. The van der Waals surface area contributed by atoms with Crippen LogP contribution in [-0.2, 0) is 21.2 Å². The number of rotatable bonds is 8. The first kappa shape index (κ1) is 21.5. The molecule has 0 aromatic heterocycles. The summed E-state index contributed by atoms with van der Waals surface area (Å²) < 4.78 is 32.5. The van der Waals surface area contributed by atoms with E-state index < -0.39 is 10.0 Å². The Morgan fingerprint density at radius 2 is 1.79 bits per heavy atom. The maximum absolute atomic E-state index is 13.1. The Morgan fingerprint density at radius 3 is 2.45 bits per heavy atom. The molecule has 6 nitrogen and oxygen atoms in total. The lowest BCUT2D eigenvalue weighted by Crippen LogP contribution is -2.41. The second-order valence-corrected chi connectivity index (χ2v) is 9.29. The van der Waals surface area contributed by atoms with Gasteiger partial charge >= 0.3 is 0 Å². The highest BCUT2D eigenvalue weighted by molar-refractivity contribution is 7.89. The molecule has 1 atom stereocenters. The van der Waals surface area contributed by atoms with Crippen LogP contribution in [0.2, 0.25) is 0 Å². The molecule has 0 unspecified atom stereocenters. The normalized spacial score (nSPS) is 15.9. The van der Waals surface area contributed by atoms with Crippen molar-refractivity contribution in [2.24, 2.45) is 0 Å². The van der Waals surface area contributed by atoms with Crippen molar-refractivity contribution in [3.63, 3.8) is 0 Å². The summed E-state index contributed by atoms with van der Waals surface area (Å²) >= 11 is 0. The molecule has 29 heavy (non-hydrogen) atoms. The number of amides is 1. The minimum atomic E-state index is -3.56. The molecule has 0 saturated carbocycles. The van der Waals surface area contributed by atoms with Crippen LogP contribution in [0.25, 0.3) is 0 Å². The van der Waals surface area contributed by atoms with Crippen molar-refractivity contribution in [3.8, 4) is 0 Å². The number of carbonyl (C=O) groups excluding carboxylic acids is 1. The summed E-state index contributed by atoms with van der Waals surface area (Å²) in [7, 11) is -0.218. The largest absolute Gasteiger partial charge is 0.383 e. The maximum Gasteiger partial charge on any atom is 0.253 e. The van der Waals surface area contributed by atoms with Gasteiger partial charge in [0.15, 0.2) is 0 Å². The van der Waals surface area contributed by atoms with Gasteiger partial charge in [0.1, 0.15) is 0 Å². The van der Waals surface area contributed by atoms with Crippen LogP contribution in [0.15, 0.2) is 59.5 Å². The highest BCUT2D eigenvalue weighted by Crippen LogP contribution is 2.22. The molecule has 1 saturated heterocycles. The summed E-state index contributed by atoms with van der Waals surface area (Å²) in [4.78, 5) is 14.9. The quantitative estimate of drug-likeness (QED) is 0.664. The molecule has 1 fully saturated rings. The number of sulfonamides is 1. The molecule has 3 rings (SSSR count). The minimum absolute atomic E-state index is 0.159. The monoisotopic (exact) mass is 416 g/mol. The maximum atomic E-state index is 13.1. The molecule has 0 aliphatic carbocycles. The summed E-state index contributed by atoms with van der Waals surface area (Å²) in [5, 5.41) is 0. The fraction of sp³-hybridized carbons (Fsp3) is 0.409. The van der Waals surface area contributed by atoms with Crippen LogP contribution < -0.4 is 0 Å². The summed E-state index contributed by atoms with van der Waals surface area (Å²) in [5.41, 5.74) is 1.47. The molecule has 2 aromatic rings. The number of ether oxygens (including phenoxy) is 1. The molecule has 1 amide bonds. The molecule has 0 bridgehead atoms. The first-order valence-electron chi connectivity index (χ1n) is 9.83. The lowest BCUT2D eigenvalue weighted by atomic mass is 10.0. The van der Waals surface area contributed by atoms with E-state index in [9.17, 15) is 13.2 Å². The molecule has 2 aromatic carbocycles.